The quantitative estimate of drug-likeness (QED) is 0.881. The number of aryl methyl sites for hydroxylation is 1. The van der Waals surface area contributed by atoms with Crippen LogP contribution < -0.4 is 10.6 Å². The third kappa shape index (κ3) is 3.85. The number of nitrogens with one attached hydrogen (secondary N) is 2. The van der Waals surface area contributed by atoms with Crippen LogP contribution in [0.4, 0.5) is 17.2 Å². The number of rotatable bonds is 3. The molecule has 0 saturated heterocycles. The van der Waals surface area contributed by atoms with Gasteiger partial charge in [0.1, 0.15) is 5.82 Å². The number of carbonyl (C=O) groups is 1. The highest BCUT2D eigenvalue weighted by Crippen LogP contribution is 2.23. The summed E-state index contributed by atoms with van der Waals surface area (Å²) in [6, 6.07) is 9.84. The summed E-state index contributed by atoms with van der Waals surface area (Å²) in [7, 11) is 0. The van der Waals surface area contributed by atoms with Gasteiger partial charge in [-0.25, -0.2) is 4.98 Å². The van der Waals surface area contributed by atoms with Gasteiger partial charge >= 0.3 is 0 Å². The summed E-state index contributed by atoms with van der Waals surface area (Å²) in [5.74, 6) is 0.729. The molecule has 1 amide bonds. The number of benzene rings is 1. The monoisotopic (exact) mass is 297 g/mol. The Morgan fingerprint density at radius 1 is 1.09 bits per heavy atom. The minimum Gasteiger partial charge on any atom is -0.340 e. The Morgan fingerprint density at radius 2 is 1.82 bits per heavy atom. The van der Waals surface area contributed by atoms with Crippen molar-refractivity contribution in [3.63, 3.8) is 0 Å². The van der Waals surface area contributed by atoms with Gasteiger partial charge in [0.25, 0.3) is 0 Å². The van der Waals surface area contributed by atoms with Crippen molar-refractivity contribution in [3.05, 3.63) is 47.7 Å². The maximum atomic E-state index is 11.9. The van der Waals surface area contributed by atoms with Crippen molar-refractivity contribution in [2.75, 3.05) is 10.6 Å². The van der Waals surface area contributed by atoms with Gasteiger partial charge in [-0.15, -0.1) is 0 Å². The third-order valence-corrected chi connectivity index (χ3v) is 3.57. The molecule has 1 aromatic heterocycles. The summed E-state index contributed by atoms with van der Waals surface area (Å²) >= 11 is 0. The van der Waals surface area contributed by atoms with E-state index in [0.717, 1.165) is 11.5 Å². The number of anilines is 3. The molecule has 0 aliphatic heterocycles. The van der Waals surface area contributed by atoms with Gasteiger partial charge in [0.2, 0.25) is 5.91 Å². The predicted octanol–water partition coefficient (Wildman–Crippen LogP) is 4.43. The number of hydrogen-bond donors (Lipinski definition) is 2. The lowest BCUT2D eigenvalue weighted by molar-refractivity contribution is -0.123. The molecule has 2 rings (SSSR count). The number of nitrogens with zero attached hydrogens (tertiary/aromatic N) is 1. The molecule has 0 aliphatic carbocycles. The highest BCUT2D eigenvalue weighted by Gasteiger charge is 2.21. The van der Waals surface area contributed by atoms with Crippen molar-refractivity contribution in [1.29, 1.82) is 0 Å². The molecule has 0 saturated carbocycles. The van der Waals surface area contributed by atoms with Crippen molar-refractivity contribution in [3.8, 4) is 0 Å². The molecule has 0 fully saturated rings. The van der Waals surface area contributed by atoms with Crippen LogP contribution >= 0.6 is 0 Å². The smallest absolute Gasteiger partial charge is 0.229 e. The fourth-order valence-corrected chi connectivity index (χ4v) is 1.88. The van der Waals surface area contributed by atoms with E-state index >= 15 is 0 Å². The summed E-state index contributed by atoms with van der Waals surface area (Å²) in [5, 5.41) is 6.16. The second-order valence-corrected chi connectivity index (χ2v) is 6.51. The Morgan fingerprint density at radius 3 is 2.41 bits per heavy atom. The molecule has 0 bridgehead atoms. The Kier molecular flexibility index (Phi) is 4.50. The molecule has 0 unspecified atom stereocenters. The van der Waals surface area contributed by atoms with E-state index < -0.39 is 5.41 Å². The summed E-state index contributed by atoms with van der Waals surface area (Å²) in [6.45, 7) is 9.80. The summed E-state index contributed by atoms with van der Waals surface area (Å²) in [5.41, 5.74) is 3.76. The van der Waals surface area contributed by atoms with Crippen molar-refractivity contribution in [2.24, 2.45) is 5.41 Å². The normalized spacial score (nSPS) is 11.1. The van der Waals surface area contributed by atoms with Crippen LogP contribution in [-0.2, 0) is 4.79 Å². The molecule has 0 atom stereocenters. The molecule has 0 aliphatic rings. The maximum Gasteiger partial charge on any atom is 0.229 e. The van der Waals surface area contributed by atoms with Crippen LogP contribution in [0.2, 0.25) is 0 Å². The average Bonchev–Trinajstić information content (AvgIpc) is 2.45. The molecule has 4 nitrogen and oxygen atoms in total. The summed E-state index contributed by atoms with van der Waals surface area (Å²) in [4.78, 5) is 16.3. The SMILES string of the molecule is Cc1cccc(Nc2ccc(NC(=O)C(C)(C)C)cn2)c1C. The molecule has 4 heteroatoms. The standard InChI is InChI=1S/C18H23N3O/c1-12-7-6-8-15(13(12)2)21-16-10-9-14(11-19-16)20-17(22)18(3,4)5/h6-11H,1-5H3,(H,19,21)(H,20,22). The van der Waals surface area contributed by atoms with E-state index in [4.69, 9.17) is 0 Å². The lowest BCUT2D eigenvalue weighted by atomic mass is 9.96. The predicted molar refractivity (Wildman–Crippen MR) is 91.5 cm³/mol. The lowest BCUT2D eigenvalue weighted by Gasteiger charge is -2.17. The van der Waals surface area contributed by atoms with Crippen LogP contribution in [0.3, 0.4) is 0 Å². The first-order chi connectivity index (χ1) is 10.3. The van der Waals surface area contributed by atoms with E-state index in [-0.39, 0.29) is 5.91 Å². The van der Waals surface area contributed by atoms with Crippen LogP contribution in [0.1, 0.15) is 31.9 Å². The molecule has 116 valence electrons. The fourth-order valence-electron chi connectivity index (χ4n) is 1.88. The van der Waals surface area contributed by atoms with Crippen molar-refractivity contribution >= 4 is 23.1 Å². The molecule has 22 heavy (non-hydrogen) atoms. The highest BCUT2D eigenvalue weighted by atomic mass is 16.2. The molecular weight excluding hydrogens is 274 g/mol. The fraction of sp³-hybridized carbons (Fsp3) is 0.333. The second kappa shape index (κ2) is 6.18. The third-order valence-electron chi connectivity index (χ3n) is 3.57. The first kappa shape index (κ1) is 16.0. The van der Waals surface area contributed by atoms with E-state index in [1.165, 1.54) is 11.1 Å². The summed E-state index contributed by atoms with van der Waals surface area (Å²) in [6.07, 6.45) is 1.66. The second-order valence-electron chi connectivity index (χ2n) is 6.51. The van der Waals surface area contributed by atoms with Gasteiger partial charge in [-0.1, -0.05) is 32.9 Å². The van der Waals surface area contributed by atoms with Crippen molar-refractivity contribution in [2.45, 2.75) is 34.6 Å². The van der Waals surface area contributed by atoms with Crippen LogP contribution in [0.15, 0.2) is 36.5 Å². The zero-order chi connectivity index (χ0) is 16.3. The zero-order valence-corrected chi connectivity index (χ0v) is 13.8. The van der Waals surface area contributed by atoms with E-state index in [2.05, 4.69) is 35.5 Å². The van der Waals surface area contributed by atoms with E-state index in [1.807, 2.05) is 45.0 Å². The van der Waals surface area contributed by atoms with Crippen molar-refractivity contribution < 1.29 is 4.79 Å². The molecule has 2 N–H and O–H groups in total. The van der Waals surface area contributed by atoms with Gasteiger partial charge in [-0.3, -0.25) is 4.79 Å². The minimum absolute atomic E-state index is 0.0236. The average molecular weight is 297 g/mol. The first-order valence-corrected chi connectivity index (χ1v) is 7.38. The van der Waals surface area contributed by atoms with E-state index in [9.17, 15) is 4.79 Å². The molecule has 1 heterocycles. The van der Waals surface area contributed by atoms with Crippen LogP contribution in [0.5, 0.6) is 0 Å². The molecule has 0 radical (unpaired) electrons. The number of carbonyl (C=O) groups excluding carboxylic acids is 1. The van der Waals surface area contributed by atoms with Gasteiger partial charge in [0.15, 0.2) is 0 Å². The Balaban J connectivity index is 2.09. The van der Waals surface area contributed by atoms with E-state index in [1.54, 1.807) is 6.20 Å². The lowest BCUT2D eigenvalue weighted by Crippen LogP contribution is -2.27. The highest BCUT2D eigenvalue weighted by molar-refractivity contribution is 5.94. The Bertz CT molecular complexity index is 670. The van der Waals surface area contributed by atoms with Crippen LogP contribution in [-0.4, -0.2) is 10.9 Å². The molecule has 2 aromatic rings. The van der Waals surface area contributed by atoms with Gasteiger partial charge in [-0.05, 0) is 43.2 Å². The number of aromatic nitrogens is 1. The number of amides is 1. The Hall–Kier alpha value is -2.36. The molecular formula is C18H23N3O. The number of hydrogen-bond acceptors (Lipinski definition) is 3. The van der Waals surface area contributed by atoms with Crippen LogP contribution in [0, 0.1) is 19.3 Å². The van der Waals surface area contributed by atoms with Gasteiger partial charge in [-0.2, -0.15) is 0 Å². The topological polar surface area (TPSA) is 54.0 Å². The Labute approximate surface area is 132 Å². The largest absolute Gasteiger partial charge is 0.340 e. The number of pyridine rings is 1. The minimum atomic E-state index is -0.421. The van der Waals surface area contributed by atoms with Gasteiger partial charge in [0.05, 0.1) is 11.9 Å². The molecule has 1 aromatic carbocycles. The van der Waals surface area contributed by atoms with Crippen molar-refractivity contribution in [1.82, 2.24) is 4.98 Å². The molecule has 0 spiro atoms. The summed E-state index contributed by atoms with van der Waals surface area (Å²) < 4.78 is 0. The first-order valence-electron chi connectivity index (χ1n) is 7.38. The van der Waals surface area contributed by atoms with E-state index in [0.29, 0.717) is 5.69 Å². The van der Waals surface area contributed by atoms with Gasteiger partial charge in [0, 0.05) is 11.1 Å². The maximum absolute atomic E-state index is 11.9. The van der Waals surface area contributed by atoms with Crippen LogP contribution in [0.25, 0.3) is 0 Å². The zero-order valence-electron chi connectivity index (χ0n) is 13.8. The van der Waals surface area contributed by atoms with Gasteiger partial charge < -0.3 is 10.6 Å².